The van der Waals surface area contributed by atoms with Crippen LogP contribution in [0.3, 0.4) is 0 Å². The van der Waals surface area contributed by atoms with Gasteiger partial charge in [0.05, 0.1) is 18.0 Å². The lowest BCUT2D eigenvalue weighted by Crippen LogP contribution is -2.46. The number of carbonyl (C=O) groups excluding carboxylic acids is 2. The monoisotopic (exact) mass is 531 g/mol. The fourth-order valence-corrected chi connectivity index (χ4v) is 5.97. The Kier molecular flexibility index (Phi) is 9.36. The van der Waals surface area contributed by atoms with Crippen LogP contribution in [-0.2, 0) is 32.7 Å². The molecule has 0 saturated heterocycles. The molecule has 36 heavy (non-hydrogen) atoms. The second kappa shape index (κ2) is 12.2. The molecule has 0 spiro atoms. The molecule has 10 heteroatoms. The smallest absolute Gasteiger partial charge is 0.243 e. The molecule has 0 radical (unpaired) electrons. The van der Waals surface area contributed by atoms with Crippen molar-refractivity contribution >= 4 is 38.9 Å². The zero-order valence-corrected chi connectivity index (χ0v) is 22.1. The van der Waals surface area contributed by atoms with E-state index < -0.39 is 16.1 Å². The van der Waals surface area contributed by atoms with Gasteiger partial charge in [-0.15, -0.1) is 11.3 Å². The minimum atomic E-state index is -4.00. The van der Waals surface area contributed by atoms with E-state index in [1.165, 1.54) is 59.0 Å². The van der Waals surface area contributed by atoms with Gasteiger partial charge in [-0.3, -0.25) is 9.59 Å². The van der Waals surface area contributed by atoms with Crippen LogP contribution in [0.15, 0.2) is 70.9 Å². The molecular weight excluding hydrogens is 501 g/mol. The van der Waals surface area contributed by atoms with Crippen LogP contribution in [0.5, 0.6) is 0 Å². The van der Waals surface area contributed by atoms with Crippen molar-refractivity contribution in [1.82, 2.24) is 9.21 Å². The summed E-state index contributed by atoms with van der Waals surface area (Å²) in [6, 6.07) is 15.1. The number of halogens is 1. The average molecular weight is 532 g/mol. The largest absolute Gasteiger partial charge is 0.332 e. The van der Waals surface area contributed by atoms with Gasteiger partial charge in [0, 0.05) is 30.1 Å². The Hall–Kier alpha value is -3.08. The van der Waals surface area contributed by atoms with E-state index in [-0.39, 0.29) is 35.6 Å². The summed E-state index contributed by atoms with van der Waals surface area (Å²) in [5, 5.41) is 4.52. The van der Waals surface area contributed by atoms with E-state index in [1.807, 2.05) is 24.4 Å². The summed E-state index contributed by atoms with van der Waals surface area (Å²) in [6.07, 6.45) is 0.513. The van der Waals surface area contributed by atoms with Gasteiger partial charge < -0.3 is 10.2 Å². The molecule has 1 heterocycles. The van der Waals surface area contributed by atoms with Crippen LogP contribution in [-0.4, -0.2) is 42.0 Å². The fourth-order valence-electron chi connectivity index (χ4n) is 3.60. The van der Waals surface area contributed by atoms with Gasteiger partial charge in [-0.2, -0.15) is 4.31 Å². The lowest BCUT2D eigenvalue weighted by Gasteiger charge is -2.30. The van der Waals surface area contributed by atoms with Crippen LogP contribution < -0.4 is 5.32 Å². The fraction of sp³-hybridized carbons (Fsp3) is 0.308. The van der Waals surface area contributed by atoms with Crippen molar-refractivity contribution in [3.8, 4) is 0 Å². The van der Waals surface area contributed by atoms with Crippen LogP contribution in [0.2, 0.25) is 0 Å². The lowest BCUT2D eigenvalue weighted by atomic mass is 10.2. The average Bonchev–Trinajstić information content (AvgIpc) is 3.36. The SMILES string of the molecule is CCC(C)N(CC(=O)N(Cc1ccc(F)cc1)Cc1cccs1)S(=O)(=O)c1ccc(NC(C)=O)cc1. The third-order valence-corrected chi connectivity index (χ3v) is 8.56. The summed E-state index contributed by atoms with van der Waals surface area (Å²) in [6.45, 7) is 5.19. The molecule has 192 valence electrons. The standard InChI is InChI=1S/C26H30FN3O4S2/c1-4-19(2)30(36(33,34)25-13-11-23(12-14-25)28-20(3)31)18-26(32)29(17-24-6-5-15-35-24)16-21-7-9-22(27)10-8-21/h5-15,19H,4,16-18H2,1-3H3,(H,28,31). The maximum absolute atomic E-state index is 13.6. The summed E-state index contributed by atoms with van der Waals surface area (Å²) in [7, 11) is -4.00. The number of nitrogens with one attached hydrogen (secondary N) is 1. The molecule has 7 nitrogen and oxygen atoms in total. The summed E-state index contributed by atoms with van der Waals surface area (Å²) in [4.78, 5) is 27.4. The molecule has 1 aromatic heterocycles. The highest BCUT2D eigenvalue weighted by molar-refractivity contribution is 7.89. The normalized spacial score (nSPS) is 12.4. The Balaban J connectivity index is 1.87. The third kappa shape index (κ3) is 7.22. The Labute approximate surface area is 215 Å². The van der Waals surface area contributed by atoms with Crippen LogP contribution >= 0.6 is 11.3 Å². The molecule has 0 aliphatic heterocycles. The molecule has 2 aromatic carbocycles. The molecule has 0 saturated carbocycles. The molecule has 1 atom stereocenters. The quantitative estimate of drug-likeness (QED) is 0.383. The lowest BCUT2D eigenvalue weighted by molar-refractivity contribution is -0.133. The second-order valence-corrected chi connectivity index (χ2v) is 11.4. The number of anilines is 1. The number of carbonyl (C=O) groups is 2. The van der Waals surface area contributed by atoms with Gasteiger partial charge in [-0.05, 0) is 66.8 Å². The van der Waals surface area contributed by atoms with Gasteiger partial charge in [0.2, 0.25) is 21.8 Å². The number of benzene rings is 2. The number of hydrogen-bond acceptors (Lipinski definition) is 5. The third-order valence-electron chi connectivity index (χ3n) is 5.72. The first-order chi connectivity index (χ1) is 17.1. The van der Waals surface area contributed by atoms with Gasteiger partial charge in [-0.1, -0.05) is 25.1 Å². The Morgan fingerprint density at radius 2 is 1.69 bits per heavy atom. The van der Waals surface area contributed by atoms with E-state index >= 15 is 0 Å². The van der Waals surface area contributed by atoms with Crippen LogP contribution in [0.4, 0.5) is 10.1 Å². The van der Waals surface area contributed by atoms with E-state index in [2.05, 4.69) is 5.32 Å². The number of thiophene rings is 1. The van der Waals surface area contributed by atoms with E-state index in [0.29, 0.717) is 18.7 Å². The highest BCUT2D eigenvalue weighted by atomic mass is 32.2. The number of amides is 2. The molecule has 0 aliphatic rings. The van der Waals surface area contributed by atoms with Crippen molar-refractivity contribution in [3.63, 3.8) is 0 Å². The first-order valence-electron chi connectivity index (χ1n) is 11.5. The summed E-state index contributed by atoms with van der Waals surface area (Å²) in [5.41, 5.74) is 1.22. The Morgan fingerprint density at radius 1 is 1.03 bits per heavy atom. The van der Waals surface area contributed by atoms with Crippen LogP contribution in [0.1, 0.15) is 37.6 Å². The predicted octanol–water partition coefficient (Wildman–Crippen LogP) is 4.86. The Morgan fingerprint density at radius 3 is 2.25 bits per heavy atom. The maximum Gasteiger partial charge on any atom is 0.243 e. The van der Waals surface area contributed by atoms with Crippen molar-refractivity contribution in [2.75, 3.05) is 11.9 Å². The van der Waals surface area contributed by atoms with Crippen molar-refractivity contribution in [2.45, 2.75) is 51.2 Å². The van der Waals surface area contributed by atoms with E-state index in [1.54, 1.807) is 24.0 Å². The Bertz CT molecular complexity index is 1260. The van der Waals surface area contributed by atoms with E-state index in [0.717, 1.165) is 10.4 Å². The molecule has 0 aliphatic carbocycles. The van der Waals surface area contributed by atoms with E-state index in [9.17, 15) is 22.4 Å². The number of nitrogens with zero attached hydrogens (tertiary/aromatic N) is 2. The van der Waals surface area contributed by atoms with Gasteiger partial charge in [-0.25, -0.2) is 12.8 Å². The molecule has 2 amide bonds. The van der Waals surface area contributed by atoms with Gasteiger partial charge >= 0.3 is 0 Å². The number of sulfonamides is 1. The first-order valence-corrected chi connectivity index (χ1v) is 13.9. The van der Waals surface area contributed by atoms with Crippen molar-refractivity contribution in [1.29, 1.82) is 0 Å². The molecule has 3 rings (SSSR count). The second-order valence-electron chi connectivity index (χ2n) is 8.47. The van der Waals surface area contributed by atoms with Crippen LogP contribution in [0.25, 0.3) is 0 Å². The van der Waals surface area contributed by atoms with Crippen molar-refractivity contribution in [2.24, 2.45) is 0 Å². The van der Waals surface area contributed by atoms with Crippen molar-refractivity contribution < 1.29 is 22.4 Å². The molecular formula is C26H30FN3O4S2. The van der Waals surface area contributed by atoms with Gasteiger partial charge in [0.1, 0.15) is 5.82 Å². The topological polar surface area (TPSA) is 86.8 Å². The van der Waals surface area contributed by atoms with E-state index in [4.69, 9.17) is 0 Å². The molecule has 1 N–H and O–H groups in total. The summed E-state index contributed by atoms with van der Waals surface area (Å²) < 4.78 is 41.7. The summed E-state index contributed by atoms with van der Waals surface area (Å²) in [5.74, 6) is -0.982. The minimum Gasteiger partial charge on any atom is -0.332 e. The van der Waals surface area contributed by atoms with Gasteiger partial charge in [0.15, 0.2) is 0 Å². The van der Waals surface area contributed by atoms with Crippen molar-refractivity contribution in [3.05, 3.63) is 82.3 Å². The molecule has 0 bridgehead atoms. The van der Waals surface area contributed by atoms with Crippen LogP contribution in [0, 0.1) is 5.82 Å². The highest BCUT2D eigenvalue weighted by Gasteiger charge is 2.32. The zero-order valence-electron chi connectivity index (χ0n) is 20.5. The maximum atomic E-state index is 13.6. The molecule has 0 fully saturated rings. The predicted molar refractivity (Wildman–Crippen MR) is 139 cm³/mol. The molecule has 3 aromatic rings. The van der Waals surface area contributed by atoms with Gasteiger partial charge in [0.25, 0.3) is 0 Å². The zero-order chi connectivity index (χ0) is 26.3. The molecule has 1 unspecified atom stereocenters. The first kappa shape index (κ1) is 27.5. The summed E-state index contributed by atoms with van der Waals surface area (Å²) >= 11 is 1.50. The minimum absolute atomic E-state index is 0.0352. The number of rotatable bonds is 11. The number of hydrogen-bond donors (Lipinski definition) is 1. The highest BCUT2D eigenvalue weighted by Crippen LogP contribution is 2.23.